The van der Waals surface area contributed by atoms with Gasteiger partial charge < -0.3 is 22.9 Å². The van der Waals surface area contributed by atoms with E-state index in [1.165, 1.54) is 64.2 Å². The number of nitrogens with one attached hydrogen (secondary N) is 2. The van der Waals surface area contributed by atoms with Crippen LogP contribution < -0.4 is 33.6 Å². The van der Waals surface area contributed by atoms with Crippen LogP contribution in [0.3, 0.4) is 0 Å². The number of hydrogen-bond acceptors (Lipinski definition) is 4. The minimum atomic E-state index is 0. The van der Waals surface area contributed by atoms with Crippen molar-refractivity contribution in [3.63, 3.8) is 0 Å². The van der Waals surface area contributed by atoms with Crippen molar-refractivity contribution in [2.45, 2.75) is 117 Å². The van der Waals surface area contributed by atoms with Gasteiger partial charge in [-0.1, -0.05) is 90.9 Å². The first-order valence-electron chi connectivity index (χ1n) is 14.2. The molecule has 0 rings (SSSR count). The molecule has 0 aliphatic carbocycles. The first-order valence-corrected chi connectivity index (χ1v) is 14.2. The fourth-order valence-electron chi connectivity index (χ4n) is 3.58. The van der Waals surface area contributed by atoms with E-state index in [2.05, 4.69) is 44.5 Å². The lowest BCUT2D eigenvalue weighted by atomic mass is 10.1. The molecule has 0 aromatic heterocycles. The molecule has 0 saturated carbocycles. The average molecular weight is 545 g/mol. The van der Waals surface area contributed by atoms with E-state index in [1.807, 2.05) is 0 Å². The number of aliphatic imine (C=N–C) groups is 4. The van der Waals surface area contributed by atoms with E-state index < -0.39 is 0 Å². The lowest BCUT2D eigenvalue weighted by molar-refractivity contribution is 0.572. The molecule has 0 aliphatic heterocycles. The van der Waals surface area contributed by atoms with Crippen LogP contribution in [0, 0.1) is 0 Å². The minimum absolute atomic E-state index is 0. The SMILES string of the molecule is CCCCCCN=C(N)NC(N)=NCCCCCCCCCCN=C(N)NC(N)=NCCCCCC.Cl. The molecule has 0 heterocycles. The highest BCUT2D eigenvalue weighted by Gasteiger charge is 1.98. The van der Waals surface area contributed by atoms with E-state index in [0.29, 0.717) is 36.9 Å². The summed E-state index contributed by atoms with van der Waals surface area (Å²) in [5, 5.41) is 5.72. The number of guanidine groups is 4. The molecule has 10 N–H and O–H groups in total. The van der Waals surface area contributed by atoms with Gasteiger partial charge in [0.1, 0.15) is 0 Å². The third-order valence-corrected chi connectivity index (χ3v) is 5.73. The Balaban J connectivity index is 0. The summed E-state index contributed by atoms with van der Waals surface area (Å²) in [5.41, 5.74) is 23.4. The zero-order chi connectivity index (χ0) is 26.7. The summed E-state index contributed by atoms with van der Waals surface area (Å²) in [5.74, 6) is 1.40. The molecular formula is C26H57ClN10. The van der Waals surface area contributed by atoms with Crippen LogP contribution in [-0.2, 0) is 0 Å². The Morgan fingerprint density at radius 1 is 0.405 bits per heavy atom. The van der Waals surface area contributed by atoms with Crippen molar-refractivity contribution in [3.05, 3.63) is 0 Å². The Hall–Kier alpha value is -2.23. The van der Waals surface area contributed by atoms with E-state index in [0.717, 1.165) is 51.6 Å². The van der Waals surface area contributed by atoms with E-state index >= 15 is 0 Å². The monoisotopic (exact) mass is 544 g/mol. The van der Waals surface area contributed by atoms with Crippen LogP contribution in [0.15, 0.2) is 20.0 Å². The fraction of sp³-hybridized carbons (Fsp3) is 0.846. The molecule has 0 saturated heterocycles. The topological polar surface area (TPSA) is 178 Å². The summed E-state index contributed by atoms with van der Waals surface area (Å²) in [4.78, 5) is 17.2. The van der Waals surface area contributed by atoms with Crippen LogP contribution in [0.25, 0.3) is 0 Å². The van der Waals surface area contributed by atoms with Crippen LogP contribution in [-0.4, -0.2) is 50.0 Å². The summed E-state index contributed by atoms with van der Waals surface area (Å²) < 4.78 is 0. The highest BCUT2D eigenvalue weighted by Crippen LogP contribution is 2.08. The van der Waals surface area contributed by atoms with Crippen molar-refractivity contribution in [2.24, 2.45) is 42.9 Å². The molecule has 0 spiro atoms. The Kier molecular flexibility index (Phi) is 28.3. The second-order valence-electron chi connectivity index (χ2n) is 9.27. The maximum Gasteiger partial charge on any atom is 0.195 e. The summed E-state index contributed by atoms with van der Waals surface area (Å²) in [6.45, 7) is 7.27. The number of unbranched alkanes of at least 4 members (excludes halogenated alkanes) is 13. The first kappa shape index (κ1) is 36.9. The van der Waals surface area contributed by atoms with Gasteiger partial charge in [-0.2, -0.15) is 0 Å². The maximum absolute atomic E-state index is 5.87. The molecule has 0 aromatic rings. The van der Waals surface area contributed by atoms with Gasteiger partial charge in [-0.05, 0) is 25.7 Å². The van der Waals surface area contributed by atoms with Crippen LogP contribution in [0.2, 0.25) is 0 Å². The standard InChI is InChI=1S/C26H56N10.ClH/c1-3-5-7-15-19-31-23(27)35-25(29)33-21-17-13-11-9-10-12-14-18-22-34-26(30)36-24(28)32-20-16-8-6-4-2;/h3-22H2,1-2H3,(H5,27,29,31,33,35)(H5,28,30,32,34,36);1H. The predicted octanol–water partition coefficient (Wildman–Crippen LogP) is 4.13. The summed E-state index contributed by atoms with van der Waals surface area (Å²) in [6, 6.07) is 0. The van der Waals surface area contributed by atoms with E-state index in [-0.39, 0.29) is 12.4 Å². The maximum atomic E-state index is 5.87. The molecule has 0 aliphatic rings. The molecule has 11 heteroatoms. The zero-order valence-corrected chi connectivity index (χ0v) is 24.5. The van der Waals surface area contributed by atoms with Crippen molar-refractivity contribution in [2.75, 3.05) is 26.2 Å². The largest absolute Gasteiger partial charge is 0.370 e. The number of halogens is 1. The van der Waals surface area contributed by atoms with Crippen LogP contribution >= 0.6 is 12.4 Å². The van der Waals surface area contributed by atoms with Gasteiger partial charge in [-0.25, -0.2) is 0 Å². The lowest BCUT2D eigenvalue weighted by Gasteiger charge is -2.05. The van der Waals surface area contributed by atoms with Crippen molar-refractivity contribution in [3.8, 4) is 0 Å². The van der Waals surface area contributed by atoms with Gasteiger partial charge in [0.15, 0.2) is 23.8 Å². The Labute approximate surface area is 232 Å². The van der Waals surface area contributed by atoms with Gasteiger partial charge >= 0.3 is 0 Å². The Bertz CT molecular complexity index is 581. The molecule has 218 valence electrons. The second kappa shape index (κ2) is 28.3. The minimum Gasteiger partial charge on any atom is -0.370 e. The van der Waals surface area contributed by atoms with E-state index in [9.17, 15) is 0 Å². The quantitative estimate of drug-likeness (QED) is 0.0718. The van der Waals surface area contributed by atoms with E-state index in [4.69, 9.17) is 22.9 Å². The Morgan fingerprint density at radius 3 is 0.865 bits per heavy atom. The second-order valence-corrected chi connectivity index (χ2v) is 9.27. The normalized spacial score (nSPS) is 12.9. The smallest absolute Gasteiger partial charge is 0.195 e. The van der Waals surface area contributed by atoms with Gasteiger partial charge in [0.2, 0.25) is 0 Å². The molecule has 0 atom stereocenters. The molecule has 0 radical (unpaired) electrons. The number of rotatable bonds is 21. The summed E-state index contributed by atoms with van der Waals surface area (Å²) in [7, 11) is 0. The number of nitrogens with zero attached hydrogens (tertiary/aromatic N) is 4. The third kappa shape index (κ3) is 28.2. The van der Waals surface area contributed by atoms with Gasteiger partial charge in [-0.15, -0.1) is 12.4 Å². The van der Waals surface area contributed by atoms with Gasteiger partial charge in [0, 0.05) is 26.2 Å². The molecule has 10 nitrogen and oxygen atoms in total. The average Bonchev–Trinajstić information content (AvgIpc) is 2.84. The first-order chi connectivity index (χ1) is 17.5. The van der Waals surface area contributed by atoms with Crippen LogP contribution in [0.5, 0.6) is 0 Å². The van der Waals surface area contributed by atoms with Crippen molar-refractivity contribution in [1.82, 2.24) is 10.6 Å². The van der Waals surface area contributed by atoms with Crippen LogP contribution in [0.1, 0.15) is 117 Å². The summed E-state index contributed by atoms with van der Waals surface area (Å²) >= 11 is 0. The number of hydrogen-bond donors (Lipinski definition) is 6. The van der Waals surface area contributed by atoms with Gasteiger partial charge in [0.25, 0.3) is 0 Å². The van der Waals surface area contributed by atoms with Crippen molar-refractivity contribution in [1.29, 1.82) is 0 Å². The fourth-order valence-corrected chi connectivity index (χ4v) is 3.58. The van der Waals surface area contributed by atoms with E-state index in [1.54, 1.807) is 0 Å². The van der Waals surface area contributed by atoms with Crippen molar-refractivity contribution >= 4 is 36.2 Å². The van der Waals surface area contributed by atoms with Crippen molar-refractivity contribution < 1.29 is 0 Å². The third-order valence-electron chi connectivity index (χ3n) is 5.73. The molecule has 37 heavy (non-hydrogen) atoms. The highest BCUT2D eigenvalue weighted by molar-refractivity contribution is 5.97. The lowest BCUT2D eigenvalue weighted by Crippen LogP contribution is -2.41. The van der Waals surface area contributed by atoms with Crippen LogP contribution in [0.4, 0.5) is 0 Å². The number of nitrogens with two attached hydrogens (primary N) is 4. The highest BCUT2D eigenvalue weighted by atomic mass is 35.5. The Morgan fingerprint density at radius 2 is 0.622 bits per heavy atom. The predicted molar refractivity (Wildman–Crippen MR) is 165 cm³/mol. The molecular weight excluding hydrogens is 488 g/mol. The van der Waals surface area contributed by atoms with Gasteiger partial charge in [0.05, 0.1) is 0 Å². The molecule has 0 bridgehead atoms. The molecule has 0 amide bonds. The molecule has 0 aromatic carbocycles. The molecule has 0 unspecified atom stereocenters. The summed E-state index contributed by atoms with van der Waals surface area (Å²) in [6.07, 6.45) is 18.7. The molecule has 0 fully saturated rings. The zero-order valence-electron chi connectivity index (χ0n) is 23.6. The van der Waals surface area contributed by atoms with Gasteiger partial charge in [-0.3, -0.25) is 30.6 Å².